The maximum atomic E-state index is 17.3. The fourth-order valence-corrected chi connectivity index (χ4v) is 6.21. The second kappa shape index (κ2) is 11.9. The molecule has 6 rings (SSSR count). The van der Waals surface area contributed by atoms with E-state index in [1.165, 1.54) is 17.0 Å². The van der Waals surface area contributed by atoms with Crippen molar-refractivity contribution in [2.45, 2.75) is 91.2 Å². The number of amides is 1. The van der Waals surface area contributed by atoms with Crippen LogP contribution in [-0.2, 0) is 14.3 Å². The van der Waals surface area contributed by atoms with Gasteiger partial charge in [-0.3, -0.25) is 9.69 Å². The first-order valence-corrected chi connectivity index (χ1v) is 15.9. The van der Waals surface area contributed by atoms with E-state index in [1.807, 2.05) is 0 Å². The average Bonchev–Trinajstić information content (AvgIpc) is 3.44. The van der Waals surface area contributed by atoms with Crippen LogP contribution in [-0.4, -0.2) is 45.5 Å². The van der Waals surface area contributed by atoms with Gasteiger partial charge in [0.15, 0.2) is 23.6 Å². The average molecular weight is 647 g/mol. The van der Waals surface area contributed by atoms with Crippen molar-refractivity contribution in [2.24, 2.45) is 0 Å². The number of esters is 1. The van der Waals surface area contributed by atoms with E-state index in [0.29, 0.717) is 41.0 Å². The highest BCUT2D eigenvalue weighted by Crippen LogP contribution is 2.51. The molecular formula is C36H40F2N4O5. The summed E-state index contributed by atoms with van der Waals surface area (Å²) in [5.41, 5.74) is -0.289. The molecule has 0 spiro atoms. The summed E-state index contributed by atoms with van der Waals surface area (Å²) >= 11 is 0. The number of hydrogen-bond acceptors (Lipinski definition) is 7. The zero-order chi connectivity index (χ0) is 33.8. The molecule has 248 valence electrons. The number of benzene rings is 3. The zero-order valence-electron chi connectivity index (χ0n) is 27.8. The summed E-state index contributed by atoms with van der Waals surface area (Å²) in [6, 6.07) is 12.5. The molecule has 9 nitrogen and oxygen atoms in total. The van der Waals surface area contributed by atoms with Gasteiger partial charge in [-0.05, 0) is 110 Å². The van der Waals surface area contributed by atoms with Crippen molar-refractivity contribution in [3.63, 3.8) is 0 Å². The van der Waals surface area contributed by atoms with E-state index in [1.54, 1.807) is 101 Å². The molecule has 0 radical (unpaired) electrons. The summed E-state index contributed by atoms with van der Waals surface area (Å²) in [5.74, 6) is -2.14. The first-order valence-electron chi connectivity index (χ1n) is 15.9. The molecule has 0 saturated carbocycles. The molecule has 2 aliphatic rings. The van der Waals surface area contributed by atoms with Crippen molar-refractivity contribution in [3.8, 4) is 5.75 Å². The van der Waals surface area contributed by atoms with E-state index in [-0.39, 0.29) is 23.1 Å². The standard InChI is InChI=1S/C36H40F2N4O5/c1-21(2)46-28-19-25(15-16-26(28)37)41-27-18-23-20-39-42(29-10-8-9-17-45-29)31(23)30(38)32(27)40(34(44)36(41,6)7)24-13-11-22(12-14-24)33(43)47-35(3,4)5/h11-16,18-21,29H,8-10,17H2,1-7H3. The minimum atomic E-state index is -1.29. The maximum absolute atomic E-state index is 17.3. The van der Waals surface area contributed by atoms with E-state index < -0.39 is 40.9 Å². The lowest BCUT2D eigenvalue weighted by Gasteiger charge is -2.48. The van der Waals surface area contributed by atoms with Crippen molar-refractivity contribution in [1.29, 1.82) is 0 Å². The van der Waals surface area contributed by atoms with Gasteiger partial charge in [-0.1, -0.05) is 0 Å². The van der Waals surface area contributed by atoms with Gasteiger partial charge >= 0.3 is 5.97 Å². The second-order valence-electron chi connectivity index (χ2n) is 13.8. The van der Waals surface area contributed by atoms with Gasteiger partial charge in [0.2, 0.25) is 0 Å². The van der Waals surface area contributed by atoms with Gasteiger partial charge < -0.3 is 19.1 Å². The normalized spacial score (nSPS) is 18.1. The van der Waals surface area contributed by atoms with Crippen LogP contribution >= 0.6 is 0 Å². The fourth-order valence-electron chi connectivity index (χ4n) is 6.21. The van der Waals surface area contributed by atoms with E-state index in [4.69, 9.17) is 14.2 Å². The zero-order valence-corrected chi connectivity index (χ0v) is 27.8. The van der Waals surface area contributed by atoms with Gasteiger partial charge in [0.25, 0.3) is 5.91 Å². The SMILES string of the molecule is CC(C)Oc1cc(N2c3cc4cnn(C5CCCCO5)c4c(F)c3N(c3ccc(C(=O)OC(C)(C)C)cc3)C(=O)C2(C)C)ccc1F. The third-order valence-corrected chi connectivity index (χ3v) is 8.25. The Balaban J connectivity index is 1.56. The third kappa shape index (κ3) is 5.93. The third-order valence-electron chi connectivity index (χ3n) is 8.25. The number of carbonyl (C=O) groups excluding carboxylic acids is 2. The number of carbonyl (C=O) groups is 2. The Hall–Kier alpha value is -4.51. The molecule has 2 aliphatic heterocycles. The van der Waals surface area contributed by atoms with Gasteiger partial charge in [-0.2, -0.15) is 5.10 Å². The Bertz CT molecular complexity index is 1840. The van der Waals surface area contributed by atoms with Crippen molar-refractivity contribution < 1.29 is 32.6 Å². The van der Waals surface area contributed by atoms with Crippen LogP contribution in [0.15, 0.2) is 54.7 Å². The Morgan fingerprint density at radius 1 is 1.04 bits per heavy atom. The minimum absolute atomic E-state index is 0.0000513. The first-order chi connectivity index (χ1) is 22.2. The Labute approximate surface area is 273 Å². The first kappa shape index (κ1) is 32.4. The number of rotatable bonds is 6. The van der Waals surface area contributed by atoms with Crippen LogP contribution in [0.1, 0.15) is 84.3 Å². The summed E-state index contributed by atoms with van der Waals surface area (Å²) in [6.45, 7) is 12.9. The van der Waals surface area contributed by atoms with Crippen LogP contribution in [0.2, 0.25) is 0 Å². The topological polar surface area (TPSA) is 86.1 Å². The molecule has 0 bridgehead atoms. The van der Waals surface area contributed by atoms with Crippen LogP contribution in [0, 0.1) is 11.6 Å². The second-order valence-corrected chi connectivity index (χ2v) is 13.8. The molecule has 1 atom stereocenters. The summed E-state index contributed by atoms with van der Waals surface area (Å²) in [7, 11) is 0. The lowest BCUT2D eigenvalue weighted by molar-refractivity contribution is -0.122. The Kier molecular flexibility index (Phi) is 8.24. The molecule has 1 saturated heterocycles. The van der Waals surface area contributed by atoms with Gasteiger partial charge in [0, 0.05) is 29.4 Å². The smallest absolute Gasteiger partial charge is 0.338 e. The highest BCUT2D eigenvalue weighted by molar-refractivity contribution is 6.16. The largest absolute Gasteiger partial charge is 0.488 e. The highest BCUT2D eigenvalue weighted by atomic mass is 19.1. The summed E-state index contributed by atoms with van der Waals surface area (Å²) < 4.78 is 50.9. The summed E-state index contributed by atoms with van der Waals surface area (Å²) in [6.07, 6.45) is 3.35. The van der Waals surface area contributed by atoms with E-state index >= 15 is 4.39 Å². The molecule has 1 fully saturated rings. The Morgan fingerprint density at radius 2 is 1.74 bits per heavy atom. The van der Waals surface area contributed by atoms with Gasteiger partial charge in [-0.25, -0.2) is 18.3 Å². The number of anilines is 4. The molecule has 1 aromatic heterocycles. The molecule has 1 unspecified atom stereocenters. The molecule has 1 amide bonds. The van der Waals surface area contributed by atoms with E-state index in [0.717, 1.165) is 12.8 Å². The van der Waals surface area contributed by atoms with E-state index in [9.17, 15) is 14.0 Å². The molecule has 3 heterocycles. The number of aromatic nitrogens is 2. The van der Waals surface area contributed by atoms with E-state index in [2.05, 4.69) is 5.10 Å². The number of nitrogens with zero attached hydrogens (tertiary/aromatic N) is 4. The van der Waals surface area contributed by atoms with Crippen molar-refractivity contribution in [3.05, 3.63) is 71.9 Å². The molecule has 4 aromatic rings. The minimum Gasteiger partial charge on any atom is -0.488 e. The van der Waals surface area contributed by atoms with Crippen LogP contribution in [0.3, 0.4) is 0 Å². The number of ether oxygens (including phenoxy) is 3. The molecule has 0 aliphatic carbocycles. The van der Waals surface area contributed by atoms with Gasteiger partial charge in [0.05, 0.1) is 23.6 Å². The summed E-state index contributed by atoms with van der Waals surface area (Å²) in [4.78, 5) is 30.4. The number of hydrogen-bond donors (Lipinski definition) is 0. The lowest BCUT2D eigenvalue weighted by atomic mass is 9.92. The van der Waals surface area contributed by atoms with Crippen LogP contribution in [0.5, 0.6) is 5.75 Å². The maximum Gasteiger partial charge on any atom is 0.338 e. The van der Waals surface area contributed by atoms with Crippen molar-refractivity contribution in [1.82, 2.24) is 9.78 Å². The summed E-state index contributed by atoms with van der Waals surface area (Å²) in [5, 5.41) is 5.05. The Morgan fingerprint density at radius 3 is 2.38 bits per heavy atom. The van der Waals surface area contributed by atoms with Crippen LogP contribution in [0.4, 0.5) is 31.5 Å². The van der Waals surface area contributed by atoms with Gasteiger partial charge in [-0.15, -0.1) is 0 Å². The van der Waals surface area contributed by atoms with Crippen molar-refractivity contribution >= 4 is 45.5 Å². The molecule has 47 heavy (non-hydrogen) atoms. The van der Waals surface area contributed by atoms with Crippen molar-refractivity contribution in [2.75, 3.05) is 16.4 Å². The highest BCUT2D eigenvalue weighted by Gasteiger charge is 2.48. The quantitative estimate of drug-likeness (QED) is 0.195. The van der Waals surface area contributed by atoms with Gasteiger partial charge in [0.1, 0.15) is 22.3 Å². The fraction of sp³-hybridized carbons (Fsp3) is 0.417. The predicted octanol–water partition coefficient (Wildman–Crippen LogP) is 8.35. The number of fused-ring (bicyclic) bond motifs is 2. The monoisotopic (exact) mass is 646 g/mol. The molecular weight excluding hydrogens is 606 g/mol. The van der Waals surface area contributed by atoms with Crippen LogP contribution in [0.25, 0.3) is 10.9 Å². The molecule has 3 aromatic carbocycles. The molecule has 0 N–H and O–H groups in total. The molecule has 11 heteroatoms. The van der Waals surface area contributed by atoms with Crippen LogP contribution < -0.4 is 14.5 Å². The lowest BCUT2D eigenvalue weighted by Crippen LogP contribution is -2.57. The number of halogens is 2. The predicted molar refractivity (Wildman–Crippen MR) is 176 cm³/mol.